The first kappa shape index (κ1) is 13.6. The molecule has 0 aliphatic heterocycles. The number of rotatable bonds is 5. The highest BCUT2D eigenvalue weighted by atomic mass is 35.5. The molecule has 1 heterocycles. The van der Waals surface area contributed by atoms with Crippen molar-refractivity contribution < 1.29 is 10.0 Å². The van der Waals surface area contributed by atoms with Gasteiger partial charge in [-0.15, -0.1) is 0 Å². The van der Waals surface area contributed by atoms with E-state index in [-0.39, 0.29) is 29.3 Å². The normalized spacial score (nSPS) is 12.5. The number of aromatic nitrogens is 2. The summed E-state index contributed by atoms with van der Waals surface area (Å²) in [7, 11) is 0. The van der Waals surface area contributed by atoms with E-state index in [0.717, 1.165) is 6.20 Å². The molecular formula is C9H13ClN4O3. The molecule has 0 aliphatic rings. The van der Waals surface area contributed by atoms with Crippen molar-refractivity contribution in [2.24, 2.45) is 5.92 Å². The Hall–Kier alpha value is -1.47. The molecule has 7 nitrogen and oxygen atoms in total. The zero-order chi connectivity index (χ0) is 13.0. The molecule has 1 atom stereocenters. The fourth-order valence-corrected chi connectivity index (χ4v) is 1.19. The summed E-state index contributed by atoms with van der Waals surface area (Å²) in [6.45, 7) is 3.84. The van der Waals surface area contributed by atoms with Gasteiger partial charge in [0.25, 0.3) is 0 Å². The fraction of sp³-hybridized carbons (Fsp3) is 0.556. The van der Waals surface area contributed by atoms with E-state index >= 15 is 0 Å². The van der Waals surface area contributed by atoms with Gasteiger partial charge in [-0.3, -0.25) is 10.1 Å². The second-order valence-corrected chi connectivity index (χ2v) is 4.16. The summed E-state index contributed by atoms with van der Waals surface area (Å²) >= 11 is 5.55. The van der Waals surface area contributed by atoms with E-state index in [9.17, 15) is 15.2 Å². The molecule has 8 heteroatoms. The van der Waals surface area contributed by atoms with Crippen molar-refractivity contribution in [2.75, 3.05) is 11.9 Å². The number of hydrogen-bond acceptors (Lipinski definition) is 6. The van der Waals surface area contributed by atoms with Crippen LogP contribution < -0.4 is 5.32 Å². The SMILES string of the molecule is CC(C)C(O)CNc1nc(Cl)ncc1[N+](=O)[O-]. The maximum Gasteiger partial charge on any atom is 0.329 e. The monoisotopic (exact) mass is 260 g/mol. The third-order valence-electron chi connectivity index (χ3n) is 2.18. The molecule has 2 N–H and O–H groups in total. The highest BCUT2D eigenvalue weighted by molar-refractivity contribution is 6.28. The minimum Gasteiger partial charge on any atom is -0.391 e. The first-order chi connectivity index (χ1) is 7.91. The summed E-state index contributed by atoms with van der Waals surface area (Å²) in [6.07, 6.45) is 0.405. The number of nitro groups is 1. The topological polar surface area (TPSA) is 101 Å². The van der Waals surface area contributed by atoms with Crippen LogP contribution in [0.15, 0.2) is 6.20 Å². The van der Waals surface area contributed by atoms with Gasteiger partial charge in [0.05, 0.1) is 11.0 Å². The maximum absolute atomic E-state index is 10.7. The summed E-state index contributed by atoms with van der Waals surface area (Å²) in [6, 6.07) is 0. The highest BCUT2D eigenvalue weighted by Gasteiger charge is 2.18. The first-order valence-electron chi connectivity index (χ1n) is 5.00. The molecule has 1 rings (SSSR count). The second kappa shape index (κ2) is 5.74. The van der Waals surface area contributed by atoms with Crippen molar-refractivity contribution in [1.29, 1.82) is 0 Å². The predicted molar refractivity (Wildman–Crippen MR) is 63.0 cm³/mol. The standard InChI is InChI=1S/C9H13ClN4O3/c1-5(2)7(15)4-11-8-6(14(16)17)3-12-9(10)13-8/h3,5,7,15H,4H2,1-2H3,(H,11,12,13). The van der Waals surface area contributed by atoms with E-state index in [4.69, 9.17) is 11.6 Å². The molecule has 0 aromatic carbocycles. The minimum atomic E-state index is -0.622. The van der Waals surface area contributed by atoms with E-state index < -0.39 is 11.0 Å². The van der Waals surface area contributed by atoms with Gasteiger partial charge in [-0.1, -0.05) is 13.8 Å². The summed E-state index contributed by atoms with van der Waals surface area (Å²) in [5.41, 5.74) is -0.273. The van der Waals surface area contributed by atoms with Gasteiger partial charge >= 0.3 is 5.69 Å². The third-order valence-corrected chi connectivity index (χ3v) is 2.37. The largest absolute Gasteiger partial charge is 0.391 e. The summed E-state index contributed by atoms with van der Waals surface area (Å²) in [5.74, 6) is 0.0496. The number of nitrogens with one attached hydrogen (secondary N) is 1. The van der Waals surface area contributed by atoms with Gasteiger partial charge in [0.2, 0.25) is 11.1 Å². The molecule has 0 aliphatic carbocycles. The van der Waals surface area contributed by atoms with Crippen molar-refractivity contribution in [2.45, 2.75) is 20.0 Å². The Balaban J connectivity index is 2.82. The van der Waals surface area contributed by atoms with Gasteiger partial charge in [-0.2, -0.15) is 4.98 Å². The molecule has 0 radical (unpaired) electrons. The van der Waals surface area contributed by atoms with Gasteiger partial charge in [0.1, 0.15) is 6.20 Å². The van der Waals surface area contributed by atoms with Crippen molar-refractivity contribution in [3.05, 3.63) is 21.6 Å². The number of aliphatic hydroxyl groups is 1. The molecule has 1 unspecified atom stereocenters. The lowest BCUT2D eigenvalue weighted by atomic mass is 10.1. The molecule has 0 fully saturated rings. The maximum atomic E-state index is 10.7. The Morgan fingerprint density at radius 3 is 2.82 bits per heavy atom. The van der Waals surface area contributed by atoms with Crippen LogP contribution in [0, 0.1) is 16.0 Å². The molecule has 17 heavy (non-hydrogen) atoms. The Morgan fingerprint density at radius 1 is 1.65 bits per heavy atom. The molecule has 94 valence electrons. The summed E-state index contributed by atoms with van der Waals surface area (Å²) in [5, 5.41) is 22.9. The molecule has 1 aromatic rings. The molecule has 0 spiro atoms. The van der Waals surface area contributed by atoms with Crippen LogP contribution >= 0.6 is 11.6 Å². The lowest BCUT2D eigenvalue weighted by molar-refractivity contribution is -0.384. The Kier molecular flexibility index (Phi) is 4.59. The third kappa shape index (κ3) is 3.79. The molecule has 1 aromatic heterocycles. The summed E-state index contributed by atoms with van der Waals surface area (Å²) in [4.78, 5) is 17.3. The first-order valence-corrected chi connectivity index (χ1v) is 5.38. The lowest BCUT2D eigenvalue weighted by Crippen LogP contribution is -2.25. The smallest absolute Gasteiger partial charge is 0.329 e. The summed E-state index contributed by atoms with van der Waals surface area (Å²) < 4.78 is 0. The Morgan fingerprint density at radius 2 is 2.29 bits per heavy atom. The Bertz CT molecular complexity index is 413. The number of nitrogens with zero attached hydrogens (tertiary/aromatic N) is 3. The average Bonchev–Trinajstić information content (AvgIpc) is 2.25. The van der Waals surface area contributed by atoms with Crippen LogP contribution in [0.2, 0.25) is 5.28 Å². The number of hydrogen-bond donors (Lipinski definition) is 2. The van der Waals surface area contributed by atoms with Crippen molar-refractivity contribution in [3.63, 3.8) is 0 Å². The van der Waals surface area contributed by atoms with E-state index in [0.29, 0.717) is 0 Å². The van der Waals surface area contributed by atoms with Gasteiger partial charge < -0.3 is 10.4 Å². The molecular weight excluding hydrogens is 248 g/mol. The van der Waals surface area contributed by atoms with E-state index in [2.05, 4.69) is 15.3 Å². The fourth-order valence-electron chi connectivity index (χ4n) is 1.05. The van der Waals surface area contributed by atoms with E-state index in [1.807, 2.05) is 13.8 Å². The Labute approximate surface area is 103 Å². The number of halogens is 1. The highest BCUT2D eigenvalue weighted by Crippen LogP contribution is 2.22. The van der Waals surface area contributed by atoms with Crippen LogP contribution in [0.4, 0.5) is 11.5 Å². The van der Waals surface area contributed by atoms with Crippen molar-refractivity contribution >= 4 is 23.1 Å². The molecule has 0 bridgehead atoms. The van der Waals surface area contributed by atoms with Gasteiger partial charge in [0.15, 0.2) is 0 Å². The van der Waals surface area contributed by atoms with Crippen molar-refractivity contribution in [1.82, 2.24) is 9.97 Å². The van der Waals surface area contributed by atoms with Crippen LogP contribution in [-0.4, -0.2) is 32.6 Å². The zero-order valence-corrected chi connectivity index (χ0v) is 10.2. The van der Waals surface area contributed by atoms with Gasteiger partial charge in [0, 0.05) is 6.54 Å². The number of aliphatic hydroxyl groups excluding tert-OH is 1. The van der Waals surface area contributed by atoms with Crippen LogP contribution in [0.1, 0.15) is 13.8 Å². The molecule has 0 saturated heterocycles. The predicted octanol–water partition coefficient (Wildman–Crippen LogP) is 1.47. The quantitative estimate of drug-likeness (QED) is 0.472. The van der Waals surface area contributed by atoms with Crippen molar-refractivity contribution in [3.8, 4) is 0 Å². The average molecular weight is 261 g/mol. The molecule has 0 saturated carbocycles. The second-order valence-electron chi connectivity index (χ2n) is 3.82. The lowest BCUT2D eigenvalue weighted by Gasteiger charge is -2.15. The van der Waals surface area contributed by atoms with Crippen LogP contribution in [0.25, 0.3) is 0 Å². The number of anilines is 1. The van der Waals surface area contributed by atoms with E-state index in [1.54, 1.807) is 0 Å². The minimum absolute atomic E-state index is 0.00898. The van der Waals surface area contributed by atoms with Crippen LogP contribution in [0.3, 0.4) is 0 Å². The zero-order valence-electron chi connectivity index (χ0n) is 9.42. The van der Waals surface area contributed by atoms with Crippen LogP contribution in [0.5, 0.6) is 0 Å². The molecule has 0 amide bonds. The van der Waals surface area contributed by atoms with Gasteiger partial charge in [-0.25, -0.2) is 4.98 Å². The van der Waals surface area contributed by atoms with Crippen LogP contribution in [-0.2, 0) is 0 Å². The van der Waals surface area contributed by atoms with E-state index in [1.165, 1.54) is 0 Å². The van der Waals surface area contributed by atoms with Gasteiger partial charge in [-0.05, 0) is 17.5 Å².